The van der Waals surface area contributed by atoms with Crippen molar-refractivity contribution in [2.45, 2.75) is 31.2 Å². The number of fused-ring (bicyclic) bond motifs is 1. The van der Waals surface area contributed by atoms with Gasteiger partial charge < -0.3 is 15.0 Å². The topological polar surface area (TPSA) is 90.6 Å². The van der Waals surface area contributed by atoms with E-state index in [4.69, 9.17) is 16.3 Å². The van der Waals surface area contributed by atoms with Crippen LogP contribution in [0.1, 0.15) is 25.7 Å². The lowest BCUT2D eigenvalue weighted by atomic mass is 9.87. The van der Waals surface area contributed by atoms with Gasteiger partial charge in [0.05, 0.1) is 11.7 Å². The minimum absolute atomic E-state index is 0.0757. The zero-order valence-corrected chi connectivity index (χ0v) is 16.9. The van der Waals surface area contributed by atoms with Gasteiger partial charge >= 0.3 is 6.03 Å². The van der Waals surface area contributed by atoms with Crippen LogP contribution in [0.25, 0.3) is 10.9 Å². The maximum atomic E-state index is 13.2. The Morgan fingerprint density at radius 1 is 1.21 bits per heavy atom. The molecule has 8 nitrogen and oxygen atoms in total. The van der Waals surface area contributed by atoms with Gasteiger partial charge in [0, 0.05) is 48.9 Å². The summed E-state index contributed by atoms with van der Waals surface area (Å²) >= 11 is 6.27. The fourth-order valence-electron chi connectivity index (χ4n) is 4.76. The zero-order chi connectivity index (χ0) is 20.0. The highest BCUT2D eigenvalue weighted by molar-refractivity contribution is 6.31. The number of imide groups is 1. The highest BCUT2D eigenvalue weighted by Gasteiger charge is 2.52. The first kappa shape index (κ1) is 18.7. The highest BCUT2D eigenvalue weighted by Crippen LogP contribution is 2.36. The molecule has 0 saturated carbocycles. The average molecular weight is 418 g/mol. The maximum Gasteiger partial charge on any atom is 0.325 e. The first-order chi connectivity index (χ1) is 14.1. The molecule has 3 aliphatic rings. The predicted octanol–water partition coefficient (Wildman–Crippen LogP) is 2.53. The van der Waals surface area contributed by atoms with Crippen LogP contribution in [-0.2, 0) is 9.53 Å². The Morgan fingerprint density at radius 3 is 2.72 bits per heavy atom. The van der Waals surface area contributed by atoms with Crippen molar-refractivity contribution in [3.8, 4) is 0 Å². The van der Waals surface area contributed by atoms with Crippen molar-refractivity contribution in [2.24, 2.45) is 5.92 Å². The number of aromatic nitrogens is 2. The molecule has 0 radical (unpaired) electrons. The quantitative estimate of drug-likeness (QED) is 0.749. The Balaban J connectivity index is 1.31. The van der Waals surface area contributed by atoms with E-state index in [1.165, 1.54) is 4.90 Å². The number of anilines is 1. The molecule has 2 aromatic rings. The molecule has 154 valence electrons. The molecule has 0 atom stereocenters. The number of H-pyrrole nitrogens is 1. The van der Waals surface area contributed by atoms with Crippen LogP contribution in [0.2, 0.25) is 5.02 Å². The summed E-state index contributed by atoms with van der Waals surface area (Å²) in [7, 11) is 0. The van der Waals surface area contributed by atoms with Crippen molar-refractivity contribution >= 4 is 40.1 Å². The van der Waals surface area contributed by atoms with E-state index in [2.05, 4.69) is 20.4 Å². The molecule has 3 saturated heterocycles. The number of nitrogens with zero attached hydrogens (tertiary/aromatic N) is 3. The van der Waals surface area contributed by atoms with Crippen LogP contribution in [0.3, 0.4) is 0 Å². The number of carbonyl (C=O) groups excluding carboxylic acids is 2. The van der Waals surface area contributed by atoms with Gasteiger partial charge in [0.15, 0.2) is 0 Å². The fraction of sp³-hybridized carbons (Fsp3) is 0.550. The monoisotopic (exact) mass is 417 g/mol. The second-order valence-electron chi connectivity index (χ2n) is 8.23. The number of hydrogen-bond acceptors (Lipinski definition) is 5. The summed E-state index contributed by atoms with van der Waals surface area (Å²) in [6.45, 7) is 3.23. The van der Waals surface area contributed by atoms with Crippen LogP contribution >= 0.6 is 11.6 Å². The number of halogens is 1. The lowest BCUT2D eigenvalue weighted by molar-refractivity contribution is -0.132. The first-order valence-electron chi connectivity index (χ1n) is 10.2. The Hall–Kier alpha value is -2.32. The van der Waals surface area contributed by atoms with Crippen molar-refractivity contribution in [1.82, 2.24) is 20.4 Å². The van der Waals surface area contributed by atoms with Gasteiger partial charge in [-0.2, -0.15) is 5.10 Å². The van der Waals surface area contributed by atoms with Crippen LogP contribution in [-0.4, -0.2) is 65.4 Å². The summed E-state index contributed by atoms with van der Waals surface area (Å²) in [5, 5.41) is 11.7. The largest absolute Gasteiger partial charge is 0.381 e. The summed E-state index contributed by atoms with van der Waals surface area (Å²) < 4.78 is 5.39. The van der Waals surface area contributed by atoms with Crippen molar-refractivity contribution in [3.05, 3.63) is 23.4 Å². The number of amides is 3. The van der Waals surface area contributed by atoms with E-state index < -0.39 is 5.54 Å². The molecule has 1 spiro atoms. The second kappa shape index (κ2) is 7.18. The number of urea groups is 1. The van der Waals surface area contributed by atoms with Crippen LogP contribution in [0, 0.1) is 5.92 Å². The minimum atomic E-state index is -0.785. The van der Waals surface area contributed by atoms with E-state index in [1.807, 2.05) is 12.1 Å². The number of aromatic amines is 1. The zero-order valence-electron chi connectivity index (χ0n) is 16.1. The lowest BCUT2D eigenvalue weighted by Crippen LogP contribution is -2.55. The maximum absolute atomic E-state index is 13.2. The van der Waals surface area contributed by atoms with Crippen LogP contribution in [0.5, 0.6) is 0 Å². The SMILES string of the molecule is O=C1NC2(CCN(c3cc(Cl)cc4[nH]ncc34)CC2)C(=O)N1CC1CCOCC1. The average Bonchev–Trinajstić information content (AvgIpc) is 3.28. The molecule has 3 aliphatic heterocycles. The summed E-state index contributed by atoms with van der Waals surface area (Å²) in [5.41, 5.74) is 1.11. The third-order valence-electron chi connectivity index (χ3n) is 6.49. The number of ether oxygens (including phenoxy) is 1. The molecule has 0 bridgehead atoms. The number of rotatable bonds is 3. The Bertz CT molecular complexity index is 947. The number of carbonyl (C=O) groups is 2. The molecule has 2 N–H and O–H groups in total. The van der Waals surface area contributed by atoms with Crippen molar-refractivity contribution < 1.29 is 14.3 Å². The van der Waals surface area contributed by atoms with E-state index in [0.717, 1.165) is 29.4 Å². The lowest BCUT2D eigenvalue weighted by Gasteiger charge is -2.38. The van der Waals surface area contributed by atoms with Gasteiger partial charge in [0.1, 0.15) is 5.54 Å². The molecular weight excluding hydrogens is 394 g/mol. The second-order valence-corrected chi connectivity index (χ2v) is 8.66. The highest BCUT2D eigenvalue weighted by atomic mass is 35.5. The summed E-state index contributed by atoms with van der Waals surface area (Å²) in [4.78, 5) is 29.4. The minimum Gasteiger partial charge on any atom is -0.381 e. The van der Waals surface area contributed by atoms with Gasteiger partial charge in [0.2, 0.25) is 0 Å². The van der Waals surface area contributed by atoms with E-state index >= 15 is 0 Å². The number of piperidine rings is 1. The molecule has 29 heavy (non-hydrogen) atoms. The van der Waals surface area contributed by atoms with Gasteiger partial charge in [-0.05, 0) is 43.7 Å². The Morgan fingerprint density at radius 2 is 1.97 bits per heavy atom. The molecule has 9 heteroatoms. The van der Waals surface area contributed by atoms with E-state index in [9.17, 15) is 9.59 Å². The van der Waals surface area contributed by atoms with Crippen LogP contribution < -0.4 is 10.2 Å². The summed E-state index contributed by atoms with van der Waals surface area (Å²) in [6, 6.07) is 3.53. The van der Waals surface area contributed by atoms with Gasteiger partial charge in [-0.15, -0.1) is 0 Å². The van der Waals surface area contributed by atoms with Crippen molar-refractivity contribution in [1.29, 1.82) is 0 Å². The van der Waals surface area contributed by atoms with Gasteiger partial charge in [-0.1, -0.05) is 11.6 Å². The number of hydrogen-bond donors (Lipinski definition) is 2. The molecule has 4 heterocycles. The predicted molar refractivity (Wildman–Crippen MR) is 109 cm³/mol. The molecule has 0 unspecified atom stereocenters. The molecule has 5 rings (SSSR count). The number of nitrogens with one attached hydrogen (secondary N) is 2. The van der Waals surface area contributed by atoms with Gasteiger partial charge in [-0.25, -0.2) is 4.79 Å². The summed E-state index contributed by atoms with van der Waals surface area (Å²) in [6.07, 6.45) is 4.74. The number of benzene rings is 1. The third kappa shape index (κ3) is 3.24. The summed E-state index contributed by atoms with van der Waals surface area (Å²) in [5.74, 6) is 0.253. The molecule has 1 aromatic carbocycles. The molecule has 1 aromatic heterocycles. The molecule has 0 aliphatic carbocycles. The van der Waals surface area contributed by atoms with E-state index in [1.54, 1.807) is 6.20 Å². The van der Waals surface area contributed by atoms with Crippen molar-refractivity contribution in [2.75, 3.05) is 37.7 Å². The molecule has 3 fully saturated rings. The smallest absolute Gasteiger partial charge is 0.325 e. The van der Waals surface area contributed by atoms with Crippen LogP contribution in [0.15, 0.2) is 18.3 Å². The third-order valence-corrected chi connectivity index (χ3v) is 6.71. The fourth-order valence-corrected chi connectivity index (χ4v) is 4.97. The van der Waals surface area contributed by atoms with Crippen LogP contribution in [0.4, 0.5) is 10.5 Å². The normalized spacial score (nSPS) is 22.7. The van der Waals surface area contributed by atoms with E-state index in [0.29, 0.717) is 56.6 Å². The standard InChI is InChI=1S/C20H24ClN5O3/c21-14-9-16-15(11-22-24-16)17(10-14)25-5-3-20(4-6-25)18(27)26(19(28)23-20)12-13-1-7-29-8-2-13/h9-11,13H,1-8,12H2,(H,22,24)(H,23,28). The first-order valence-corrected chi connectivity index (χ1v) is 10.5. The molecular formula is C20H24ClN5O3. The van der Waals surface area contributed by atoms with Gasteiger partial charge in [-0.3, -0.25) is 14.8 Å². The van der Waals surface area contributed by atoms with E-state index in [-0.39, 0.29) is 11.9 Å². The van der Waals surface area contributed by atoms with Gasteiger partial charge in [0.25, 0.3) is 5.91 Å². The Labute approximate surface area is 173 Å². The van der Waals surface area contributed by atoms with Crippen molar-refractivity contribution in [3.63, 3.8) is 0 Å². The molecule has 3 amide bonds. The Kier molecular flexibility index (Phi) is 4.63.